The van der Waals surface area contributed by atoms with Crippen molar-refractivity contribution in [1.82, 2.24) is 10.3 Å². The highest BCUT2D eigenvalue weighted by molar-refractivity contribution is 7.13. The second-order valence-electron chi connectivity index (χ2n) is 7.23. The van der Waals surface area contributed by atoms with Gasteiger partial charge in [-0.2, -0.15) is 0 Å². The fourth-order valence-corrected chi connectivity index (χ4v) is 4.53. The minimum atomic E-state index is -0.707. The van der Waals surface area contributed by atoms with Crippen LogP contribution in [0.15, 0.2) is 60.1 Å². The second kappa shape index (κ2) is 7.67. The zero-order valence-electron chi connectivity index (χ0n) is 16.1. The molecule has 0 saturated carbocycles. The first-order valence-electron chi connectivity index (χ1n) is 9.29. The van der Waals surface area contributed by atoms with Gasteiger partial charge in [-0.25, -0.2) is 9.78 Å². The van der Waals surface area contributed by atoms with Crippen LogP contribution in [0.25, 0.3) is 0 Å². The maximum absolute atomic E-state index is 13.4. The minimum Gasteiger partial charge on any atom is -0.410 e. The summed E-state index contributed by atoms with van der Waals surface area (Å²) in [5.41, 5.74) is 2.43. The largest absolute Gasteiger partial charge is 0.412 e. The first kappa shape index (κ1) is 19.1. The van der Waals surface area contributed by atoms with E-state index in [1.54, 1.807) is 12.3 Å². The molecule has 0 saturated heterocycles. The highest BCUT2D eigenvalue weighted by Gasteiger charge is 2.49. The van der Waals surface area contributed by atoms with Gasteiger partial charge in [0.25, 0.3) is 0 Å². The molecule has 0 fully saturated rings. The van der Waals surface area contributed by atoms with E-state index in [1.807, 2.05) is 54.8 Å². The van der Waals surface area contributed by atoms with Crippen LogP contribution in [0.2, 0.25) is 0 Å². The van der Waals surface area contributed by atoms with E-state index in [0.29, 0.717) is 17.3 Å². The van der Waals surface area contributed by atoms with Crippen molar-refractivity contribution < 1.29 is 14.3 Å². The van der Waals surface area contributed by atoms with Crippen LogP contribution in [0.3, 0.4) is 0 Å². The number of thiazole rings is 1. The first-order chi connectivity index (χ1) is 14.0. The zero-order chi connectivity index (χ0) is 20.4. The molecule has 6 nitrogen and oxygen atoms in total. The Morgan fingerprint density at radius 1 is 1.21 bits per heavy atom. The average molecular weight is 407 g/mol. The van der Waals surface area contributed by atoms with Gasteiger partial charge in [0.2, 0.25) is 5.91 Å². The van der Waals surface area contributed by atoms with Crippen molar-refractivity contribution in [3.8, 4) is 5.75 Å². The zero-order valence-corrected chi connectivity index (χ0v) is 17.0. The van der Waals surface area contributed by atoms with Crippen LogP contribution in [-0.2, 0) is 11.2 Å². The lowest BCUT2D eigenvalue weighted by Crippen LogP contribution is -2.37. The fourth-order valence-electron chi connectivity index (χ4n) is 4.01. The number of carbonyl (C=O) groups is 2. The van der Waals surface area contributed by atoms with E-state index in [2.05, 4.69) is 15.6 Å². The smallest absolute Gasteiger partial charge is 0.410 e. The van der Waals surface area contributed by atoms with E-state index in [4.69, 9.17) is 4.74 Å². The van der Waals surface area contributed by atoms with Gasteiger partial charge in [-0.1, -0.05) is 36.4 Å². The number of benzene rings is 2. The van der Waals surface area contributed by atoms with Gasteiger partial charge in [-0.3, -0.25) is 4.79 Å². The summed E-state index contributed by atoms with van der Waals surface area (Å²) in [6.45, 7) is 1.98. The Bertz CT molecular complexity index is 1040. The molecule has 1 heterocycles. The van der Waals surface area contributed by atoms with E-state index >= 15 is 0 Å². The van der Waals surface area contributed by atoms with Crippen molar-refractivity contribution in [2.75, 3.05) is 12.4 Å². The molecule has 148 valence electrons. The van der Waals surface area contributed by atoms with Crippen LogP contribution in [-0.4, -0.2) is 24.0 Å². The number of anilines is 1. The number of aromatic nitrogens is 1. The van der Waals surface area contributed by atoms with Crippen molar-refractivity contribution >= 4 is 28.5 Å². The monoisotopic (exact) mass is 407 g/mol. The number of ether oxygens (including phenoxy) is 1. The molecule has 1 aliphatic rings. The Kier molecular flexibility index (Phi) is 5.07. The summed E-state index contributed by atoms with van der Waals surface area (Å²) in [4.78, 5) is 29.1. The molecule has 1 aliphatic carbocycles. The summed E-state index contributed by atoms with van der Waals surface area (Å²) >= 11 is 1.39. The minimum absolute atomic E-state index is 0.0775. The van der Waals surface area contributed by atoms with Gasteiger partial charge < -0.3 is 15.4 Å². The molecular formula is C22H21N3O3S. The molecule has 4 rings (SSSR count). The summed E-state index contributed by atoms with van der Waals surface area (Å²) in [6.07, 6.45) is 1.68. The SMILES string of the molecule is CNC(=O)Oc1ccc2c(c1)CC(C)(C(=O)Nc1nccs1)C2c1ccccc1. The van der Waals surface area contributed by atoms with E-state index in [-0.39, 0.29) is 11.8 Å². The molecule has 0 aliphatic heterocycles. The third kappa shape index (κ3) is 3.61. The predicted molar refractivity (Wildman–Crippen MR) is 112 cm³/mol. The number of hydrogen-bond acceptors (Lipinski definition) is 5. The molecule has 2 N–H and O–H groups in total. The molecule has 29 heavy (non-hydrogen) atoms. The molecule has 0 spiro atoms. The van der Waals surface area contributed by atoms with Gasteiger partial charge in [-0.15, -0.1) is 11.3 Å². The first-order valence-corrected chi connectivity index (χ1v) is 10.2. The maximum atomic E-state index is 13.4. The number of fused-ring (bicyclic) bond motifs is 1. The number of rotatable bonds is 4. The molecule has 1 aromatic heterocycles. The number of nitrogens with zero attached hydrogens (tertiary/aromatic N) is 1. The Hall–Kier alpha value is -3.19. The van der Waals surface area contributed by atoms with Crippen LogP contribution in [0, 0.1) is 5.41 Å². The number of nitrogens with one attached hydrogen (secondary N) is 2. The molecule has 2 unspecified atom stereocenters. The topological polar surface area (TPSA) is 80.3 Å². The van der Waals surface area contributed by atoms with Crippen LogP contribution in [0.4, 0.5) is 9.93 Å². The number of amides is 2. The Labute approximate surface area is 172 Å². The Morgan fingerprint density at radius 3 is 2.69 bits per heavy atom. The van der Waals surface area contributed by atoms with E-state index in [9.17, 15) is 9.59 Å². The summed E-state index contributed by atoms with van der Waals surface area (Å²) in [6, 6.07) is 15.6. The van der Waals surface area contributed by atoms with Crippen molar-refractivity contribution in [3.05, 3.63) is 76.8 Å². The second-order valence-corrected chi connectivity index (χ2v) is 8.12. The third-order valence-electron chi connectivity index (χ3n) is 5.34. The highest BCUT2D eigenvalue weighted by Crippen LogP contribution is 2.52. The molecule has 2 aromatic carbocycles. The molecule has 2 atom stereocenters. The van der Waals surface area contributed by atoms with E-state index in [1.165, 1.54) is 18.4 Å². The lowest BCUT2D eigenvalue weighted by Gasteiger charge is -2.30. The van der Waals surface area contributed by atoms with Gasteiger partial charge in [0.05, 0.1) is 5.41 Å². The van der Waals surface area contributed by atoms with E-state index < -0.39 is 11.5 Å². The van der Waals surface area contributed by atoms with Gasteiger partial charge in [-0.05, 0) is 42.2 Å². The van der Waals surface area contributed by atoms with Crippen molar-refractivity contribution in [1.29, 1.82) is 0 Å². The van der Waals surface area contributed by atoms with Gasteiger partial charge in [0, 0.05) is 24.5 Å². The molecule has 7 heteroatoms. The summed E-state index contributed by atoms with van der Waals surface area (Å²) in [7, 11) is 1.52. The van der Waals surface area contributed by atoms with Gasteiger partial charge in [0.15, 0.2) is 5.13 Å². The van der Waals surface area contributed by atoms with Gasteiger partial charge >= 0.3 is 6.09 Å². The Morgan fingerprint density at radius 2 is 2.00 bits per heavy atom. The highest BCUT2D eigenvalue weighted by atomic mass is 32.1. The molecule has 3 aromatic rings. The predicted octanol–water partition coefficient (Wildman–Crippen LogP) is 4.19. The molecular weight excluding hydrogens is 386 g/mol. The van der Waals surface area contributed by atoms with E-state index in [0.717, 1.165) is 16.7 Å². The Balaban J connectivity index is 1.73. The summed E-state index contributed by atoms with van der Waals surface area (Å²) in [5.74, 6) is 0.262. The van der Waals surface area contributed by atoms with Crippen molar-refractivity contribution in [2.45, 2.75) is 19.3 Å². The third-order valence-corrected chi connectivity index (χ3v) is 6.03. The average Bonchev–Trinajstić information content (AvgIpc) is 3.33. The molecule has 0 radical (unpaired) electrons. The van der Waals surface area contributed by atoms with Crippen molar-refractivity contribution in [3.63, 3.8) is 0 Å². The van der Waals surface area contributed by atoms with Crippen LogP contribution >= 0.6 is 11.3 Å². The summed E-state index contributed by atoms with van der Waals surface area (Å²) < 4.78 is 5.28. The normalized spacial score (nSPS) is 20.0. The standard InChI is InChI=1S/C22H21N3O3S/c1-22(19(26)25-20-24-10-11-29-20)13-15-12-16(28-21(27)23-2)8-9-17(15)18(22)14-6-4-3-5-7-14/h3-12,18H,13H2,1-2H3,(H,23,27)(H,24,25,26). The quantitative estimate of drug-likeness (QED) is 0.679. The lowest BCUT2D eigenvalue weighted by atomic mass is 9.73. The summed E-state index contributed by atoms with van der Waals surface area (Å²) in [5, 5.41) is 7.83. The number of hydrogen-bond donors (Lipinski definition) is 2. The molecule has 0 bridgehead atoms. The van der Waals surface area contributed by atoms with Crippen LogP contribution in [0.1, 0.15) is 29.5 Å². The van der Waals surface area contributed by atoms with Crippen LogP contribution in [0.5, 0.6) is 5.75 Å². The fraction of sp³-hybridized carbons (Fsp3) is 0.227. The van der Waals surface area contributed by atoms with Crippen molar-refractivity contribution in [2.24, 2.45) is 5.41 Å². The molecule has 2 amide bonds. The number of carbonyl (C=O) groups excluding carboxylic acids is 2. The van der Waals surface area contributed by atoms with Crippen LogP contribution < -0.4 is 15.4 Å². The maximum Gasteiger partial charge on any atom is 0.412 e. The lowest BCUT2D eigenvalue weighted by molar-refractivity contribution is -0.125. The van der Waals surface area contributed by atoms with Gasteiger partial charge in [0.1, 0.15) is 5.75 Å².